The Morgan fingerprint density at radius 1 is 1.26 bits per heavy atom. The topological polar surface area (TPSA) is 26.3 Å². The van der Waals surface area contributed by atoms with Gasteiger partial charge in [-0.15, -0.1) is 0 Å². The fourth-order valence-corrected chi connectivity index (χ4v) is 2.32. The molecule has 1 rings (SSSR count). The summed E-state index contributed by atoms with van der Waals surface area (Å²) in [5.41, 5.74) is 2.28. The van der Waals surface area contributed by atoms with Gasteiger partial charge in [0.15, 0.2) is 0 Å². The molecule has 3 heteroatoms. The quantitative estimate of drug-likeness (QED) is 0.644. The molecule has 2 nitrogen and oxygen atoms in total. The Morgan fingerprint density at radius 2 is 2.00 bits per heavy atom. The fraction of sp³-hybridized carbons (Fsp3) is 0.562. The van der Waals surface area contributed by atoms with Crippen LogP contribution in [0.15, 0.2) is 12.1 Å². The van der Waals surface area contributed by atoms with Crippen LogP contribution in [0, 0.1) is 6.92 Å². The molecule has 106 valence electrons. The summed E-state index contributed by atoms with van der Waals surface area (Å²) in [5.74, 6) is 1.11. The maximum absolute atomic E-state index is 11.2. The van der Waals surface area contributed by atoms with Gasteiger partial charge < -0.3 is 4.74 Å². The summed E-state index contributed by atoms with van der Waals surface area (Å²) in [4.78, 5) is 11.2. The summed E-state index contributed by atoms with van der Waals surface area (Å²) >= 11 is 6.34. The van der Waals surface area contributed by atoms with Gasteiger partial charge in [0, 0.05) is 12.8 Å². The first-order valence-electron chi connectivity index (χ1n) is 7.02. The van der Waals surface area contributed by atoms with Crippen molar-refractivity contribution < 1.29 is 9.53 Å². The Kier molecular flexibility index (Phi) is 6.93. The summed E-state index contributed by atoms with van der Waals surface area (Å²) in [6, 6.07) is 4.07. The second kappa shape index (κ2) is 8.21. The first-order valence-corrected chi connectivity index (χ1v) is 7.39. The lowest BCUT2D eigenvalue weighted by Crippen LogP contribution is -1.98. The van der Waals surface area contributed by atoms with E-state index in [0.717, 1.165) is 36.1 Å². The lowest BCUT2D eigenvalue weighted by Gasteiger charge is -2.11. The number of hydrogen-bond acceptors (Lipinski definition) is 2. The SMILES string of the molecule is CCOc1cc(C)cc(CCCCC(=O)CC)c1Cl. The third-order valence-corrected chi connectivity index (χ3v) is 3.53. The molecular weight excluding hydrogens is 260 g/mol. The van der Waals surface area contributed by atoms with E-state index < -0.39 is 0 Å². The molecule has 0 heterocycles. The molecule has 0 saturated carbocycles. The van der Waals surface area contributed by atoms with Gasteiger partial charge in [-0.3, -0.25) is 4.79 Å². The van der Waals surface area contributed by atoms with E-state index in [9.17, 15) is 4.79 Å². The van der Waals surface area contributed by atoms with Gasteiger partial charge in [-0.25, -0.2) is 0 Å². The fourth-order valence-electron chi connectivity index (χ4n) is 2.07. The first-order chi connectivity index (χ1) is 9.08. The highest BCUT2D eigenvalue weighted by Gasteiger charge is 2.09. The average Bonchev–Trinajstić information content (AvgIpc) is 2.39. The summed E-state index contributed by atoms with van der Waals surface area (Å²) in [6.07, 6.45) is 4.14. The summed E-state index contributed by atoms with van der Waals surface area (Å²) in [6.45, 7) is 6.53. The molecule has 0 aliphatic rings. The first kappa shape index (κ1) is 16.0. The molecule has 0 N–H and O–H groups in total. The van der Waals surface area contributed by atoms with E-state index in [-0.39, 0.29) is 0 Å². The minimum absolute atomic E-state index is 0.338. The Morgan fingerprint density at radius 3 is 2.63 bits per heavy atom. The van der Waals surface area contributed by atoms with E-state index in [1.165, 1.54) is 0 Å². The Hall–Kier alpha value is -1.02. The van der Waals surface area contributed by atoms with Crippen LogP contribution in [0.2, 0.25) is 5.02 Å². The molecule has 0 bridgehead atoms. The van der Waals surface area contributed by atoms with E-state index >= 15 is 0 Å². The maximum atomic E-state index is 11.2. The van der Waals surface area contributed by atoms with Crippen molar-refractivity contribution in [2.75, 3.05) is 6.61 Å². The molecule has 0 amide bonds. The second-order valence-electron chi connectivity index (χ2n) is 4.77. The highest BCUT2D eigenvalue weighted by Crippen LogP contribution is 2.31. The van der Waals surface area contributed by atoms with Crippen molar-refractivity contribution in [1.82, 2.24) is 0 Å². The van der Waals surface area contributed by atoms with E-state index in [1.54, 1.807) is 0 Å². The number of ether oxygens (including phenoxy) is 1. The third-order valence-electron chi connectivity index (χ3n) is 3.10. The Bertz CT molecular complexity index is 427. The zero-order chi connectivity index (χ0) is 14.3. The van der Waals surface area contributed by atoms with Crippen molar-refractivity contribution >= 4 is 17.4 Å². The molecule has 0 unspecified atom stereocenters. The lowest BCUT2D eigenvalue weighted by atomic mass is 10.0. The number of unbranched alkanes of at least 4 members (excludes halogenated alkanes) is 1. The predicted molar refractivity (Wildman–Crippen MR) is 80.2 cm³/mol. The van der Waals surface area contributed by atoms with Crippen LogP contribution in [-0.2, 0) is 11.2 Å². The number of Topliss-reactive ketones (excluding diaryl/α,β-unsaturated/α-hetero) is 1. The molecule has 0 aliphatic carbocycles. The molecule has 0 atom stereocenters. The van der Waals surface area contributed by atoms with Crippen molar-refractivity contribution in [2.24, 2.45) is 0 Å². The Balaban J connectivity index is 2.60. The molecule has 0 saturated heterocycles. The number of carbonyl (C=O) groups is 1. The van der Waals surface area contributed by atoms with Gasteiger partial charge in [0.05, 0.1) is 11.6 Å². The van der Waals surface area contributed by atoms with Crippen molar-refractivity contribution in [1.29, 1.82) is 0 Å². The van der Waals surface area contributed by atoms with E-state index in [2.05, 4.69) is 6.07 Å². The van der Waals surface area contributed by atoms with Crippen molar-refractivity contribution in [3.63, 3.8) is 0 Å². The van der Waals surface area contributed by atoms with E-state index in [4.69, 9.17) is 16.3 Å². The smallest absolute Gasteiger partial charge is 0.138 e. The number of rotatable bonds is 8. The monoisotopic (exact) mass is 282 g/mol. The predicted octanol–water partition coefficient (Wildman–Crippen LogP) is 4.74. The number of hydrogen-bond donors (Lipinski definition) is 0. The summed E-state index contributed by atoms with van der Waals surface area (Å²) in [7, 11) is 0. The van der Waals surface area contributed by atoms with Crippen LogP contribution in [-0.4, -0.2) is 12.4 Å². The van der Waals surface area contributed by atoms with Gasteiger partial charge in [0.2, 0.25) is 0 Å². The van der Waals surface area contributed by atoms with Crippen LogP contribution < -0.4 is 4.74 Å². The largest absolute Gasteiger partial charge is 0.492 e. The van der Waals surface area contributed by atoms with Crippen LogP contribution >= 0.6 is 11.6 Å². The second-order valence-corrected chi connectivity index (χ2v) is 5.15. The molecule has 0 aromatic heterocycles. The highest BCUT2D eigenvalue weighted by molar-refractivity contribution is 6.32. The van der Waals surface area contributed by atoms with Crippen LogP contribution in [0.4, 0.5) is 0 Å². The van der Waals surface area contributed by atoms with Gasteiger partial charge in [-0.2, -0.15) is 0 Å². The molecular formula is C16H23ClO2. The molecule has 19 heavy (non-hydrogen) atoms. The zero-order valence-corrected chi connectivity index (χ0v) is 12.8. The molecule has 0 fully saturated rings. The lowest BCUT2D eigenvalue weighted by molar-refractivity contribution is -0.118. The number of benzene rings is 1. The number of ketones is 1. The van der Waals surface area contributed by atoms with E-state index in [0.29, 0.717) is 30.3 Å². The molecule has 0 aliphatic heterocycles. The minimum Gasteiger partial charge on any atom is -0.492 e. The van der Waals surface area contributed by atoms with Crippen LogP contribution in [0.1, 0.15) is 50.7 Å². The Labute approximate surface area is 121 Å². The minimum atomic E-state index is 0.338. The van der Waals surface area contributed by atoms with Gasteiger partial charge >= 0.3 is 0 Å². The van der Waals surface area contributed by atoms with Crippen molar-refractivity contribution in [3.05, 3.63) is 28.3 Å². The van der Waals surface area contributed by atoms with Gasteiger partial charge in [0.1, 0.15) is 11.5 Å². The third kappa shape index (κ3) is 5.23. The van der Waals surface area contributed by atoms with Gasteiger partial charge in [-0.05, 0) is 50.3 Å². The highest BCUT2D eigenvalue weighted by atomic mass is 35.5. The standard InChI is InChI=1S/C16H23ClO2/c1-4-14(18)9-7-6-8-13-10-12(3)11-15(16(13)17)19-5-2/h10-11H,4-9H2,1-3H3. The van der Waals surface area contributed by atoms with Gasteiger partial charge in [-0.1, -0.05) is 24.6 Å². The van der Waals surface area contributed by atoms with Crippen LogP contribution in [0.5, 0.6) is 5.75 Å². The molecule has 0 spiro atoms. The average molecular weight is 283 g/mol. The normalized spacial score (nSPS) is 10.5. The van der Waals surface area contributed by atoms with E-state index in [1.807, 2.05) is 26.8 Å². The van der Waals surface area contributed by atoms with Gasteiger partial charge in [0.25, 0.3) is 0 Å². The number of halogens is 1. The molecule has 1 aromatic carbocycles. The number of carbonyl (C=O) groups excluding carboxylic acids is 1. The van der Waals surface area contributed by atoms with Crippen LogP contribution in [0.3, 0.4) is 0 Å². The van der Waals surface area contributed by atoms with Crippen molar-refractivity contribution in [3.8, 4) is 5.75 Å². The molecule has 0 radical (unpaired) electrons. The maximum Gasteiger partial charge on any atom is 0.138 e. The molecule has 1 aromatic rings. The number of aryl methyl sites for hydroxylation is 2. The summed E-state index contributed by atoms with van der Waals surface area (Å²) in [5, 5.41) is 0.717. The van der Waals surface area contributed by atoms with Crippen molar-refractivity contribution in [2.45, 2.75) is 52.9 Å². The zero-order valence-electron chi connectivity index (χ0n) is 12.1. The van der Waals surface area contributed by atoms with Crippen LogP contribution in [0.25, 0.3) is 0 Å². The summed E-state index contributed by atoms with van der Waals surface area (Å²) < 4.78 is 5.53.